The highest BCUT2D eigenvalue weighted by Crippen LogP contribution is 2.37. The van der Waals surface area contributed by atoms with Crippen molar-refractivity contribution in [3.8, 4) is 11.5 Å². The minimum absolute atomic E-state index is 0.0103. The zero-order valence-electron chi connectivity index (χ0n) is 14.6. The van der Waals surface area contributed by atoms with Gasteiger partial charge in [-0.05, 0) is 50.3 Å². The molecule has 4 N–H and O–H groups in total. The van der Waals surface area contributed by atoms with Gasteiger partial charge in [-0.1, -0.05) is 39.2 Å². The third-order valence-electron chi connectivity index (χ3n) is 5.02. The Hall–Kier alpha value is -1.26. The first kappa shape index (κ1) is 18.1. The van der Waals surface area contributed by atoms with E-state index in [9.17, 15) is 10.2 Å². The summed E-state index contributed by atoms with van der Waals surface area (Å²) in [6, 6.07) is 3.98. The van der Waals surface area contributed by atoms with Crippen LogP contribution < -0.4 is 5.73 Å². The maximum absolute atomic E-state index is 10.0. The summed E-state index contributed by atoms with van der Waals surface area (Å²) in [5.74, 6) is 0.0547. The minimum atomic E-state index is -0.0103. The second-order valence-electron chi connectivity index (χ2n) is 6.77. The molecule has 2 unspecified atom stereocenters. The lowest BCUT2D eigenvalue weighted by Gasteiger charge is -2.39. The maximum Gasteiger partial charge on any atom is 0.160 e. The van der Waals surface area contributed by atoms with Crippen molar-refractivity contribution in [1.29, 1.82) is 0 Å². The molecule has 0 amide bonds. The molecule has 4 heteroatoms. The molecule has 0 fully saturated rings. The molecule has 2 atom stereocenters. The van der Waals surface area contributed by atoms with Crippen molar-refractivity contribution in [2.75, 3.05) is 6.54 Å². The van der Waals surface area contributed by atoms with Crippen LogP contribution in [0.4, 0.5) is 0 Å². The molecule has 130 valence electrons. The predicted octanol–water partition coefficient (Wildman–Crippen LogP) is 3.53. The summed E-state index contributed by atoms with van der Waals surface area (Å²) in [5, 5.41) is 19.7. The summed E-state index contributed by atoms with van der Waals surface area (Å²) in [6.07, 6.45) is 8.64. The number of phenols is 2. The molecule has 0 heterocycles. The van der Waals surface area contributed by atoms with Gasteiger partial charge in [-0.3, -0.25) is 4.90 Å². The average Bonchev–Trinajstić information content (AvgIpc) is 2.56. The molecule has 0 spiro atoms. The average molecular weight is 320 g/mol. The zero-order valence-corrected chi connectivity index (χ0v) is 14.6. The smallest absolute Gasteiger partial charge is 0.160 e. The van der Waals surface area contributed by atoms with Crippen molar-refractivity contribution in [2.45, 2.75) is 77.4 Å². The topological polar surface area (TPSA) is 69.7 Å². The van der Waals surface area contributed by atoms with Gasteiger partial charge in [0, 0.05) is 11.6 Å². The number of nitrogens with two attached hydrogens (primary N) is 1. The fourth-order valence-electron chi connectivity index (χ4n) is 3.73. The standard InChI is InChI=1S/C19H32N2O2/c1-3-5-6-7-18(20)21(12-4-2)15-9-10-16-14(13-15)8-11-17(22)19(16)23/h8,11,15,18,22-23H,3-7,9-10,12-13,20H2,1-2H3. The lowest BCUT2D eigenvalue weighted by Crippen LogP contribution is -2.50. The highest BCUT2D eigenvalue weighted by Gasteiger charge is 2.28. The van der Waals surface area contributed by atoms with Gasteiger partial charge in [-0.2, -0.15) is 0 Å². The van der Waals surface area contributed by atoms with Gasteiger partial charge < -0.3 is 15.9 Å². The Bertz CT molecular complexity index is 504. The molecule has 1 aromatic carbocycles. The van der Waals surface area contributed by atoms with E-state index in [4.69, 9.17) is 5.73 Å². The van der Waals surface area contributed by atoms with E-state index in [-0.39, 0.29) is 17.7 Å². The molecule has 4 nitrogen and oxygen atoms in total. The zero-order chi connectivity index (χ0) is 16.8. The molecule has 2 rings (SSSR count). The maximum atomic E-state index is 10.0. The largest absolute Gasteiger partial charge is 0.504 e. The van der Waals surface area contributed by atoms with Crippen LogP contribution in [0.1, 0.15) is 63.5 Å². The third kappa shape index (κ3) is 4.39. The molecular formula is C19H32N2O2. The van der Waals surface area contributed by atoms with Gasteiger partial charge in [0.2, 0.25) is 0 Å². The van der Waals surface area contributed by atoms with E-state index in [1.54, 1.807) is 6.07 Å². The first-order chi connectivity index (χ1) is 11.1. The van der Waals surface area contributed by atoms with Gasteiger partial charge >= 0.3 is 0 Å². The van der Waals surface area contributed by atoms with Crippen LogP contribution >= 0.6 is 0 Å². The van der Waals surface area contributed by atoms with E-state index in [2.05, 4.69) is 18.7 Å². The van der Waals surface area contributed by atoms with Crippen LogP contribution in [0.3, 0.4) is 0 Å². The Labute approximate surface area is 140 Å². The SMILES string of the molecule is CCCCCC(N)N(CCC)C1CCc2c(ccc(O)c2O)C1. The van der Waals surface area contributed by atoms with Gasteiger partial charge in [0.15, 0.2) is 11.5 Å². The number of aromatic hydroxyl groups is 2. The summed E-state index contributed by atoms with van der Waals surface area (Å²) in [6.45, 7) is 5.44. The number of hydrogen-bond acceptors (Lipinski definition) is 4. The Morgan fingerprint density at radius 2 is 2.00 bits per heavy atom. The number of hydrogen-bond donors (Lipinski definition) is 3. The van der Waals surface area contributed by atoms with Gasteiger partial charge in [0.1, 0.15) is 0 Å². The van der Waals surface area contributed by atoms with Gasteiger partial charge in [0.05, 0.1) is 6.17 Å². The molecular weight excluding hydrogens is 288 g/mol. The molecule has 1 aromatic rings. The lowest BCUT2D eigenvalue weighted by molar-refractivity contribution is 0.115. The van der Waals surface area contributed by atoms with Gasteiger partial charge in [0.25, 0.3) is 0 Å². The van der Waals surface area contributed by atoms with E-state index in [1.807, 2.05) is 6.07 Å². The molecule has 1 aliphatic carbocycles. The number of phenolic OH excluding ortho intramolecular Hbond substituents is 2. The third-order valence-corrected chi connectivity index (χ3v) is 5.02. The van der Waals surface area contributed by atoms with Crippen molar-refractivity contribution in [1.82, 2.24) is 4.90 Å². The molecule has 0 bridgehead atoms. The number of rotatable bonds is 8. The lowest BCUT2D eigenvalue weighted by atomic mass is 9.86. The summed E-state index contributed by atoms with van der Waals surface area (Å²) in [7, 11) is 0. The van der Waals surface area contributed by atoms with E-state index < -0.39 is 0 Å². The summed E-state index contributed by atoms with van der Waals surface area (Å²) in [4.78, 5) is 2.46. The normalized spacial score (nSPS) is 18.9. The highest BCUT2D eigenvalue weighted by atomic mass is 16.3. The second-order valence-corrected chi connectivity index (χ2v) is 6.77. The fourth-order valence-corrected chi connectivity index (χ4v) is 3.73. The Morgan fingerprint density at radius 3 is 2.70 bits per heavy atom. The molecule has 0 saturated carbocycles. The summed E-state index contributed by atoms with van der Waals surface area (Å²) < 4.78 is 0. The first-order valence-electron chi connectivity index (χ1n) is 9.12. The molecule has 0 aliphatic heterocycles. The molecule has 23 heavy (non-hydrogen) atoms. The van der Waals surface area contributed by atoms with Crippen molar-refractivity contribution in [3.05, 3.63) is 23.3 Å². The molecule has 1 aliphatic rings. The summed E-state index contributed by atoms with van der Waals surface area (Å²) >= 11 is 0. The van der Waals surface area contributed by atoms with Crippen LogP contribution in [-0.4, -0.2) is 33.9 Å². The molecule has 0 radical (unpaired) electrons. The number of unbranched alkanes of at least 4 members (excludes halogenated alkanes) is 2. The van der Waals surface area contributed by atoms with Gasteiger partial charge in [-0.15, -0.1) is 0 Å². The Morgan fingerprint density at radius 1 is 1.22 bits per heavy atom. The van der Waals surface area contributed by atoms with Crippen LogP contribution in [0.2, 0.25) is 0 Å². The van der Waals surface area contributed by atoms with Crippen LogP contribution in [-0.2, 0) is 12.8 Å². The minimum Gasteiger partial charge on any atom is -0.504 e. The predicted molar refractivity (Wildman–Crippen MR) is 94.7 cm³/mol. The number of nitrogens with zero attached hydrogens (tertiary/aromatic N) is 1. The van der Waals surface area contributed by atoms with Crippen LogP contribution in [0.25, 0.3) is 0 Å². The quantitative estimate of drug-likeness (QED) is 0.389. The number of benzene rings is 1. The van der Waals surface area contributed by atoms with Crippen LogP contribution in [0, 0.1) is 0 Å². The highest BCUT2D eigenvalue weighted by molar-refractivity contribution is 5.50. The molecule has 0 saturated heterocycles. The van der Waals surface area contributed by atoms with Crippen molar-refractivity contribution < 1.29 is 10.2 Å². The monoisotopic (exact) mass is 320 g/mol. The van der Waals surface area contributed by atoms with Crippen molar-refractivity contribution >= 4 is 0 Å². The fraction of sp³-hybridized carbons (Fsp3) is 0.684. The van der Waals surface area contributed by atoms with Crippen LogP contribution in [0.5, 0.6) is 11.5 Å². The second kappa shape index (κ2) is 8.55. The molecule has 0 aromatic heterocycles. The summed E-state index contributed by atoms with van der Waals surface area (Å²) in [5.41, 5.74) is 8.55. The van der Waals surface area contributed by atoms with E-state index in [0.717, 1.165) is 49.8 Å². The first-order valence-corrected chi connectivity index (χ1v) is 9.12. The number of fused-ring (bicyclic) bond motifs is 1. The Kier molecular flexibility index (Phi) is 6.72. The van der Waals surface area contributed by atoms with Crippen molar-refractivity contribution in [2.24, 2.45) is 5.73 Å². The Balaban J connectivity index is 2.07. The van der Waals surface area contributed by atoms with Crippen molar-refractivity contribution in [3.63, 3.8) is 0 Å². The van der Waals surface area contributed by atoms with E-state index in [0.29, 0.717) is 6.04 Å². The van der Waals surface area contributed by atoms with Crippen LogP contribution in [0.15, 0.2) is 12.1 Å². The van der Waals surface area contributed by atoms with Gasteiger partial charge in [-0.25, -0.2) is 0 Å². The van der Waals surface area contributed by atoms with E-state index >= 15 is 0 Å². The van der Waals surface area contributed by atoms with E-state index in [1.165, 1.54) is 19.3 Å².